The zero-order valence-electron chi connectivity index (χ0n) is 6.70. The van der Waals surface area contributed by atoms with Gasteiger partial charge in [0.2, 0.25) is 0 Å². The number of hydrogen-bond donors (Lipinski definition) is 0. The number of carbonyl (C=O) groups excluding carboxylic acids is 1. The Morgan fingerprint density at radius 3 is 2.50 bits per heavy atom. The predicted molar refractivity (Wildman–Crippen MR) is 56.7 cm³/mol. The van der Waals surface area contributed by atoms with E-state index in [1.54, 1.807) is 12.1 Å². The fourth-order valence-electron chi connectivity index (χ4n) is 0.869. The molecule has 2 rings (SSSR count). The summed E-state index contributed by atoms with van der Waals surface area (Å²) in [5.74, 6) is 0.228. The number of carbonyl (C=O) groups is 1. The molecular weight excluding hydrogens is 275 g/mol. The normalized spacial score (nSPS) is 18.2. The van der Waals surface area contributed by atoms with Gasteiger partial charge in [-0.25, -0.2) is 4.79 Å². The third-order valence-electron chi connectivity index (χ3n) is 1.63. The molecule has 0 radical (unpaired) electrons. The van der Waals surface area contributed by atoms with Gasteiger partial charge in [0.05, 0.1) is 6.61 Å². The zero-order valence-corrected chi connectivity index (χ0v) is 8.28. The number of esters is 1. The van der Waals surface area contributed by atoms with Crippen molar-refractivity contribution in [1.29, 1.82) is 0 Å². The fraction of sp³-hybridized carbons (Fsp3) is 0.222. The third-order valence-corrected chi connectivity index (χ3v) is 2.16. The SMILES string of the molecule is O=C(Oc1ccc(Br)cc1)C1CO1.[KH]. The van der Waals surface area contributed by atoms with Crippen LogP contribution >= 0.6 is 15.9 Å². The van der Waals surface area contributed by atoms with E-state index in [0.717, 1.165) is 4.47 Å². The van der Waals surface area contributed by atoms with Crippen LogP contribution in [-0.2, 0) is 9.53 Å². The zero-order chi connectivity index (χ0) is 9.26. The van der Waals surface area contributed by atoms with Crippen LogP contribution in [0.4, 0.5) is 0 Å². The van der Waals surface area contributed by atoms with Crippen molar-refractivity contribution >= 4 is 73.3 Å². The van der Waals surface area contributed by atoms with Gasteiger partial charge in [0.1, 0.15) is 5.75 Å². The van der Waals surface area contributed by atoms with Gasteiger partial charge >= 0.3 is 57.4 Å². The van der Waals surface area contributed by atoms with E-state index in [1.165, 1.54) is 0 Å². The molecule has 1 aromatic rings. The summed E-state index contributed by atoms with van der Waals surface area (Å²) >= 11 is 3.29. The molecule has 1 aliphatic heterocycles. The Labute approximate surface area is 133 Å². The van der Waals surface area contributed by atoms with Crippen molar-refractivity contribution < 1.29 is 14.3 Å². The minimum absolute atomic E-state index is 0. The van der Waals surface area contributed by atoms with Crippen LogP contribution < -0.4 is 4.74 Å². The quantitative estimate of drug-likeness (QED) is 0.353. The van der Waals surface area contributed by atoms with Crippen LogP contribution in [0.3, 0.4) is 0 Å². The number of benzene rings is 1. The second-order valence-electron chi connectivity index (χ2n) is 2.70. The number of rotatable bonds is 2. The van der Waals surface area contributed by atoms with Crippen molar-refractivity contribution in [2.24, 2.45) is 0 Å². The second kappa shape index (κ2) is 5.74. The first kappa shape index (κ1) is 12.8. The molecule has 0 amide bonds. The van der Waals surface area contributed by atoms with Crippen LogP contribution in [0.25, 0.3) is 0 Å². The van der Waals surface area contributed by atoms with Gasteiger partial charge in [-0.2, -0.15) is 0 Å². The van der Waals surface area contributed by atoms with E-state index >= 15 is 0 Å². The Morgan fingerprint density at radius 1 is 1.43 bits per heavy atom. The van der Waals surface area contributed by atoms with E-state index in [2.05, 4.69) is 15.9 Å². The summed E-state index contributed by atoms with van der Waals surface area (Å²) in [5.41, 5.74) is 0. The maximum absolute atomic E-state index is 11.1. The molecule has 0 aromatic heterocycles. The fourth-order valence-corrected chi connectivity index (χ4v) is 1.13. The number of epoxide rings is 1. The van der Waals surface area contributed by atoms with Crippen molar-refractivity contribution in [2.45, 2.75) is 6.10 Å². The first-order chi connectivity index (χ1) is 6.25. The van der Waals surface area contributed by atoms with E-state index in [0.29, 0.717) is 12.4 Å². The Balaban J connectivity index is 0.000000980. The Hall–Kier alpha value is 0.766. The first-order valence-corrected chi connectivity index (χ1v) is 4.64. The van der Waals surface area contributed by atoms with Crippen LogP contribution in [0.2, 0.25) is 0 Å². The first-order valence-electron chi connectivity index (χ1n) is 3.84. The molecule has 5 heteroatoms. The molecule has 1 unspecified atom stereocenters. The third kappa shape index (κ3) is 3.73. The summed E-state index contributed by atoms with van der Waals surface area (Å²) < 4.78 is 10.7. The molecular formula is C9H8BrKO3. The molecule has 1 atom stereocenters. The summed E-state index contributed by atoms with van der Waals surface area (Å²) in [6, 6.07) is 7.08. The van der Waals surface area contributed by atoms with E-state index in [4.69, 9.17) is 9.47 Å². The monoisotopic (exact) mass is 282 g/mol. The average Bonchev–Trinajstić information content (AvgIpc) is 2.91. The Bertz CT molecular complexity index is 321. The van der Waals surface area contributed by atoms with E-state index < -0.39 is 0 Å². The van der Waals surface area contributed by atoms with Crippen LogP contribution in [0, 0.1) is 0 Å². The van der Waals surface area contributed by atoms with Crippen molar-refractivity contribution in [2.75, 3.05) is 6.61 Å². The van der Waals surface area contributed by atoms with Crippen molar-refractivity contribution in [1.82, 2.24) is 0 Å². The van der Waals surface area contributed by atoms with Gasteiger partial charge in [0.25, 0.3) is 0 Å². The van der Waals surface area contributed by atoms with Gasteiger partial charge < -0.3 is 9.47 Å². The Kier molecular flexibility index (Phi) is 5.26. The molecule has 1 aromatic carbocycles. The molecule has 0 aliphatic carbocycles. The van der Waals surface area contributed by atoms with Gasteiger partial charge in [-0.3, -0.25) is 0 Å². The topological polar surface area (TPSA) is 38.8 Å². The van der Waals surface area contributed by atoms with Crippen LogP contribution in [-0.4, -0.2) is 70.1 Å². The Morgan fingerprint density at radius 2 is 2.00 bits per heavy atom. The van der Waals surface area contributed by atoms with Crippen molar-refractivity contribution in [3.05, 3.63) is 28.7 Å². The number of halogens is 1. The van der Waals surface area contributed by atoms with E-state index in [9.17, 15) is 4.79 Å². The van der Waals surface area contributed by atoms with Crippen LogP contribution in [0.5, 0.6) is 5.75 Å². The summed E-state index contributed by atoms with van der Waals surface area (Å²) in [4.78, 5) is 11.1. The van der Waals surface area contributed by atoms with Gasteiger partial charge in [-0.15, -0.1) is 0 Å². The van der Waals surface area contributed by atoms with Gasteiger partial charge in [-0.05, 0) is 24.3 Å². The summed E-state index contributed by atoms with van der Waals surface area (Å²) in [5, 5.41) is 0. The van der Waals surface area contributed by atoms with Crippen LogP contribution in [0.1, 0.15) is 0 Å². The number of hydrogen-bond acceptors (Lipinski definition) is 3. The summed E-state index contributed by atoms with van der Waals surface area (Å²) in [7, 11) is 0. The van der Waals surface area contributed by atoms with Gasteiger partial charge in [-0.1, -0.05) is 15.9 Å². The molecule has 1 saturated heterocycles. The molecule has 70 valence electrons. The van der Waals surface area contributed by atoms with E-state index in [1.807, 2.05) is 12.1 Å². The molecule has 0 saturated carbocycles. The van der Waals surface area contributed by atoms with Gasteiger partial charge in [0.15, 0.2) is 6.10 Å². The number of ether oxygens (including phenoxy) is 2. The summed E-state index contributed by atoms with van der Waals surface area (Å²) in [6.45, 7) is 0.482. The second-order valence-corrected chi connectivity index (χ2v) is 3.61. The van der Waals surface area contributed by atoms with Crippen molar-refractivity contribution in [3.8, 4) is 5.75 Å². The minimum atomic E-state index is -0.344. The van der Waals surface area contributed by atoms with Crippen LogP contribution in [0.15, 0.2) is 28.7 Å². The average molecular weight is 283 g/mol. The van der Waals surface area contributed by atoms with Gasteiger partial charge in [0, 0.05) is 4.47 Å². The molecule has 0 spiro atoms. The molecule has 1 heterocycles. The maximum atomic E-state index is 11.1. The predicted octanol–water partition coefficient (Wildman–Crippen LogP) is 1.10. The van der Waals surface area contributed by atoms with Crippen molar-refractivity contribution in [3.63, 3.8) is 0 Å². The molecule has 0 N–H and O–H groups in total. The van der Waals surface area contributed by atoms with E-state index in [-0.39, 0.29) is 63.5 Å². The molecule has 0 bridgehead atoms. The summed E-state index contributed by atoms with van der Waals surface area (Å²) in [6.07, 6.45) is -0.344. The molecule has 1 fully saturated rings. The standard InChI is InChI=1S/C9H7BrO3.K.H/c10-6-1-3-7(4-2-6)13-9(11)8-5-12-8;;/h1-4,8H,5H2;;. The molecule has 3 nitrogen and oxygen atoms in total. The molecule has 14 heavy (non-hydrogen) atoms. The molecule has 1 aliphatic rings.